The van der Waals surface area contributed by atoms with E-state index in [1.165, 1.54) is 12.5 Å². The van der Waals surface area contributed by atoms with E-state index in [0.29, 0.717) is 0 Å². The van der Waals surface area contributed by atoms with Crippen LogP contribution < -0.4 is 5.43 Å². The number of aryl methyl sites for hydroxylation is 1. The van der Waals surface area contributed by atoms with E-state index in [4.69, 9.17) is 5.11 Å². The molecule has 0 fully saturated rings. The van der Waals surface area contributed by atoms with Crippen LogP contribution in [0.4, 0.5) is 5.69 Å². The molecular weight excluding hydrogens is 192 g/mol. The standard InChI is InChI=1S/C11H14N2O2/c1-3-9-4-6-10(7-5-9)13-12-8(2)11(14)15/h4-7,13H,3H2,1-2H3,(H,14,15)/b12-8-. The van der Waals surface area contributed by atoms with E-state index < -0.39 is 5.97 Å². The van der Waals surface area contributed by atoms with Gasteiger partial charge in [0.15, 0.2) is 0 Å². The minimum Gasteiger partial charge on any atom is -0.477 e. The zero-order valence-corrected chi connectivity index (χ0v) is 8.82. The van der Waals surface area contributed by atoms with Crippen LogP contribution in [-0.2, 0) is 11.2 Å². The minimum atomic E-state index is -1.02. The fourth-order valence-electron chi connectivity index (χ4n) is 1.01. The van der Waals surface area contributed by atoms with Gasteiger partial charge < -0.3 is 5.11 Å². The Kier molecular flexibility index (Phi) is 3.85. The van der Waals surface area contributed by atoms with E-state index in [1.54, 1.807) is 0 Å². The van der Waals surface area contributed by atoms with Crippen LogP contribution in [0.5, 0.6) is 0 Å². The maximum absolute atomic E-state index is 10.5. The van der Waals surface area contributed by atoms with Gasteiger partial charge in [-0.05, 0) is 31.0 Å². The van der Waals surface area contributed by atoms with Crippen molar-refractivity contribution in [1.82, 2.24) is 0 Å². The fourth-order valence-corrected chi connectivity index (χ4v) is 1.01. The lowest BCUT2D eigenvalue weighted by atomic mass is 10.2. The van der Waals surface area contributed by atoms with E-state index in [2.05, 4.69) is 17.5 Å². The largest absolute Gasteiger partial charge is 0.477 e. The normalized spacial score (nSPS) is 11.2. The summed E-state index contributed by atoms with van der Waals surface area (Å²) in [6.45, 7) is 3.52. The van der Waals surface area contributed by atoms with E-state index in [0.717, 1.165) is 12.1 Å². The summed E-state index contributed by atoms with van der Waals surface area (Å²) >= 11 is 0. The van der Waals surface area contributed by atoms with E-state index >= 15 is 0 Å². The molecule has 0 bridgehead atoms. The summed E-state index contributed by atoms with van der Waals surface area (Å²) in [6, 6.07) is 7.71. The molecule has 0 aliphatic rings. The average Bonchev–Trinajstić information content (AvgIpc) is 2.26. The Balaban J connectivity index is 2.66. The first kappa shape index (κ1) is 11.2. The van der Waals surface area contributed by atoms with Crippen LogP contribution in [0.15, 0.2) is 29.4 Å². The topological polar surface area (TPSA) is 61.7 Å². The second kappa shape index (κ2) is 5.14. The number of nitrogens with one attached hydrogen (secondary N) is 1. The summed E-state index contributed by atoms with van der Waals surface area (Å²) in [5.41, 5.74) is 4.74. The van der Waals surface area contributed by atoms with Crippen molar-refractivity contribution in [3.05, 3.63) is 29.8 Å². The summed E-state index contributed by atoms with van der Waals surface area (Å²) in [5, 5.41) is 12.3. The minimum absolute atomic E-state index is 0.0366. The Bertz CT molecular complexity index is 369. The van der Waals surface area contributed by atoms with Crippen molar-refractivity contribution >= 4 is 17.4 Å². The molecule has 0 aromatic heterocycles. The van der Waals surface area contributed by atoms with Gasteiger partial charge in [-0.1, -0.05) is 19.1 Å². The SMILES string of the molecule is CCc1ccc(N/N=C(/C)C(=O)O)cc1. The lowest BCUT2D eigenvalue weighted by Gasteiger charge is -2.02. The quantitative estimate of drug-likeness (QED) is 0.586. The molecule has 0 spiro atoms. The van der Waals surface area contributed by atoms with Gasteiger partial charge in [0.1, 0.15) is 5.71 Å². The van der Waals surface area contributed by atoms with E-state index in [9.17, 15) is 4.79 Å². The van der Waals surface area contributed by atoms with Crippen LogP contribution >= 0.6 is 0 Å². The van der Waals surface area contributed by atoms with E-state index in [-0.39, 0.29) is 5.71 Å². The highest BCUT2D eigenvalue weighted by molar-refractivity contribution is 6.34. The molecule has 2 N–H and O–H groups in total. The summed E-state index contributed by atoms with van der Waals surface area (Å²) in [5.74, 6) is -1.02. The van der Waals surface area contributed by atoms with Crippen molar-refractivity contribution < 1.29 is 9.90 Å². The summed E-state index contributed by atoms with van der Waals surface area (Å²) in [4.78, 5) is 10.5. The van der Waals surface area contributed by atoms with Crippen LogP contribution in [-0.4, -0.2) is 16.8 Å². The second-order valence-corrected chi connectivity index (χ2v) is 3.16. The molecule has 15 heavy (non-hydrogen) atoms. The van der Waals surface area contributed by atoms with Crippen molar-refractivity contribution in [1.29, 1.82) is 0 Å². The molecule has 4 nitrogen and oxygen atoms in total. The predicted octanol–water partition coefficient (Wildman–Crippen LogP) is 2.12. The maximum atomic E-state index is 10.5. The molecule has 1 aromatic rings. The predicted molar refractivity (Wildman–Crippen MR) is 60.2 cm³/mol. The molecule has 0 radical (unpaired) electrons. The lowest BCUT2D eigenvalue weighted by molar-refractivity contribution is -0.129. The molecule has 0 aliphatic heterocycles. The molecule has 0 aliphatic carbocycles. The molecule has 0 amide bonds. The van der Waals surface area contributed by atoms with Crippen molar-refractivity contribution in [2.45, 2.75) is 20.3 Å². The molecule has 0 unspecified atom stereocenters. The Morgan fingerprint density at radius 3 is 2.47 bits per heavy atom. The lowest BCUT2D eigenvalue weighted by Crippen LogP contribution is -2.10. The van der Waals surface area contributed by atoms with Gasteiger partial charge in [0.05, 0.1) is 5.69 Å². The number of hydrogen-bond acceptors (Lipinski definition) is 3. The van der Waals surface area contributed by atoms with E-state index in [1.807, 2.05) is 24.3 Å². The third-order valence-corrected chi connectivity index (χ3v) is 2.02. The summed E-state index contributed by atoms with van der Waals surface area (Å²) in [7, 11) is 0. The number of aliphatic carboxylic acids is 1. The number of benzene rings is 1. The Labute approximate surface area is 88.6 Å². The second-order valence-electron chi connectivity index (χ2n) is 3.16. The summed E-state index contributed by atoms with van der Waals surface area (Å²) in [6.07, 6.45) is 0.984. The highest BCUT2D eigenvalue weighted by Crippen LogP contribution is 2.09. The van der Waals surface area contributed by atoms with Crippen LogP contribution in [0.25, 0.3) is 0 Å². The third-order valence-electron chi connectivity index (χ3n) is 2.02. The van der Waals surface area contributed by atoms with Crippen LogP contribution in [0.1, 0.15) is 19.4 Å². The molecular formula is C11H14N2O2. The Morgan fingerprint density at radius 1 is 1.40 bits per heavy atom. The Morgan fingerprint density at radius 2 is 2.00 bits per heavy atom. The van der Waals surface area contributed by atoms with Crippen molar-refractivity contribution in [2.24, 2.45) is 5.10 Å². The number of anilines is 1. The molecule has 0 saturated heterocycles. The average molecular weight is 206 g/mol. The number of nitrogens with zero attached hydrogens (tertiary/aromatic N) is 1. The van der Waals surface area contributed by atoms with Gasteiger partial charge in [0, 0.05) is 0 Å². The van der Waals surface area contributed by atoms with Gasteiger partial charge in [0.2, 0.25) is 0 Å². The van der Waals surface area contributed by atoms with Gasteiger partial charge in [-0.15, -0.1) is 0 Å². The van der Waals surface area contributed by atoms with Gasteiger partial charge in [0.25, 0.3) is 0 Å². The van der Waals surface area contributed by atoms with Gasteiger partial charge in [-0.25, -0.2) is 4.79 Å². The van der Waals surface area contributed by atoms with Crippen molar-refractivity contribution in [2.75, 3.05) is 5.43 Å². The van der Waals surface area contributed by atoms with Crippen LogP contribution in [0, 0.1) is 0 Å². The monoisotopic (exact) mass is 206 g/mol. The third kappa shape index (κ3) is 3.42. The fraction of sp³-hybridized carbons (Fsp3) is 0.273. The number of rotatable bonds is 4. The molecule has 1 aromatic carbocycles. The highest BCUT2D eigenvalue weighted by atomic mass is 16.4. The van der Waals surface area contributed by atoms with Gasteiger partial charge >= 0.3 is 5.97 Å². The molecule has 0 atom stereocenters. The first-order valence-electron chi connectivity index (χ1n) is 4.76. The molecule has 80 valence electrons. The smallest absolute Gasteiger partial charge is 0.351 e. The van der Waals surface area contributed by atoms with Gasteiger partial charge in [-0.3, -0.25) is 5.43 Å². The maximum Gasteiger partial charge on any atom is 0.351 e. The van der Waals surface area contributed by atoms with Crippen molar-refractivity contribution in [3.8, 4) is 0 Å². The Hall–Kier alpha value is -1.84. The van der Waals surface area contributed by atoms with Crippen LogP contribution in [0.2, 0.25) is 0 Å². The number of carboxylic acids is 1. The first-order valence-corrected chi connectivity index (χ1v) is 4.76. The number of hydrogen-bond donors (Lipinski definition) is 2. The molecule has 1 rings (SSSR count). The first-order chi connectivity index (χ1) is 7.13. The zero-order chi connectivity index (χ0) is 11.3. The number of hydrazone groups is 1. The van der Waals surface area contributed by atoms with Crippen molar-refractivity contribution in [3.63, 3.8) is 0 Å². The molecule has 4 heteroatoms. The molecule has 0 saturated carbocycles. The molecule has 0 heterocycles. The summed E-state index contributed by atoms with van der Waals surface area (Å²) < 4.78 is 0. The highest BCUT2D eigenvalue weighted by Gasteiger charge is 2.00. The number of carboxylic acid groups (broad SMARTS) is 1. The zero-order valence-electron chi connectivity index (χ0n) is 8.82. The number of carbonyl (C=O) groups is 1. The van der Waals surface area contributed by atoms with Crippen LogP contribution in [0.3, 0.4) is 0 Å². The van der Waals surface area contributed by atoms with Gasteiger partial charge in [-0.2, -0.15) is 5.10 Å².